The molecule has 2 aliphatic heterocycles. The van der Waals surface area contributed by atoms with Gasteiger partial charge in [-0.2, -0.15) is 0 Å². The normalized spacial score (nSPS) is 22.1. The summed E-state index contributed by atoms with van der Waals surface area (Å²) in [6.45, 7) is 5.29. The van der Waals surface area contributed by atoms with Gasteiger partial charge >= 0.3 is 0 Å². The van der Waals surface area contributed by atoms with Crippen molar-refractivity contribution in [2.24, 2.45) is 4.99 Å². The van der Waals surface area contributed by atoms with Crippen LogP contribution in [0, 0.1) is 6.92 Å². The maximum atomic E-state index is 13.0. The van der Waals surface area contributed by atoms with Gasteiger partial charge in [-0.25, -0.2) is 0 Å². The average Bonchev–Trinajstić information content (AvgIpc) is 3.11. The Morgan fingerprint density at radius 2 is 2.10 bits per heavy atom. The molecule has 1 atom stereocenters. The molecule has 0 saturated carbocycles. The SMILES string of the molecule is COCCN=C1Nc2ccccc2CNC12CCN(C(=O)Cc1cccc(C)c1)C2. The molecule has 0 aliphatic carbocycles. The molecular formula is C24H30N4O2. The summed E-state index contributed by atoms with van der Waals surface area (Å²) in [7, 11) is 1.69. The molecule has 30 heavy (non-hydrogen) atoms. The van der Waals surface area contributed by atoms with Gasteiger partial charge in [0.05, 0.1) is 25.1 Å². The number of nitrogens with zero attached hydrogens (tertiary/aromatic N) is 2. The first-order chi connectivity index (χ1) is 14.6. The lowest BCUT2D eigenvalue weighted by atomic mass is 9.96. The number of aryl methyl sites for hydroxylation is 1. The number of para-hydroxylation sites is 1. The predicted octanol–water partition coefficient (Wildman–Crippen LogP) is 2.77. The quantitative estimate of drug-likeness (QED) is 0.750. The third-order valence-electron chi connectivity index (χ3n) is 5.97. The lowest BCUT2D eigenvalue weighted by Crippen LogP contribution is -2.55. The number of hydrogen-bond acceptors (Lipinski definition) is 4. The van der Waals surface area contributed by atoms with Crippen molar-refractivity contribution in [1.82, 2.24) is 10.2 Å². The minimum absolute atomic E-state index is 0.164. The zero-order valence-corrected chi connectivity index (χ0v) is 17.8. The average molecular weight is 407 g/mol. The minimum atomic E-state index is -0.366. The summed E-state index contributed by atoms with van der Waals surface area (Å²) in [5.74, 6) is 1.06. The molecule has 6 heteroatoms. The summed E-state index contributed by atoms with van der Waals surface area (Å²) in [6, 6.07) is 16.5. The van der Waals surface area contributed by atoms with Gasteiger partial charge < -0.3 is 15.0 Å². The van der Waals surface area contributed by atoms with Gasteiger partial charge in [0.15, 0.2) is 0 Å². The number of carbonyl (C=O) groups excluding carboxylic acids is 1. The van der Waals surface area contributed by atoms with E-state index in [2.05, 4.69) is 41.8 Å². The lowest BCUT2D eigenvalue weighted by molar-refractivity contribution is -0.129. The van der Waals surface area contributed by atoms with E-state index in [0.29, 0.717) is 26.1 Å². The number of anilines is 1. The van der Waals surface area contributed by atoms with Gasteiger partial charge in [0, 0.05) is 32.4 Å². The van der Waals surface area contributed by atoms with E-state index in [0.717, 1.165) is 36.6 Å². The van der Waals surface area contributed by atoms with Crippen LogP contribution in [0.15, 0.2) is 53.5 Å². The van der Waals surface area contributed by atoms with Crippen LogP contribution in [0.5, 0.6) is 0 Å². The van der Waals surface area contributed by atoms with Crippen molar-refractivity contribution >= 4 is 17.4 Å². The summed E-state index contributed by atoms with van der Waals surface area (Å²) in [5, 5.41) is 7.28. The summed E-state index contributed by atoms with van der Waals surface area (Å²) in [5.41, 5.74) is 4.16. The molecule has 2 heterocycles. The molecule has 1 saturated heterocycles. The maximum Gasteiger partial charge on any atom is 0.227 e. The molecule has 1 spiro atoms. The largest absolute Gasteiger partial charge is 0.383 e. The van der Waals surface area contributed by atoms with Gasteiger partial charge in [0.25, 0.3) is 0 Å². The maximum absolute atomic E-state index is 13.0. The predicted molar refractivity (Wildman–Crippen MR) is 120 cm³/mol. The first-order valence-corrected chi connectivity index (χ1v) is 10.6. The van der Waals surface area contributed by atoms with E-state index < -0.39 is 0 Å². The summed E-state index contributed by atoms with van der Waals surface area (Å²) < 4.78 is 5.20. The molecule has 2 aliphatic rings. The van der Waals surface area contributed by atoms with E-state index in [1.165, 1.54) is 11.1 Å². The monoisotopic (exact) mass is 406 g/mol. The van der Waals surface area contributed by atoms with Crippen LogP contribution in [-0.4, -0.2) is 55.5 Å². The molecule has 0 radical (unpaired) electrons. The Bertz CT molecular complexity index is 942. The number of rotatable bonds is 5. The third-order valence-corrected chi connectivity index (χ3v) is 5.97. The number of aliphatic imine (C=N–C) groups is 1. The van der Waals surface area contributed by atoms with Crippen molar-refractivity contribution in [3.63, 3.8) is 0 Å². The first-order valence-electron chi connectivity index (χ1n) is 10.6. The van der Waals surface area contributed by atoms with E-state index >= 15 is 0 Å². The standard InChI is InChI=1S/C24H30N4O2/c1-18-6-5-7-19(14-18)15-22(29)28-12-10-24(17-28)23(25-11-13-30-2)27-21-9-4-3-8-20(21)16-26-24/h3-9,14,26H,10-13,15-17H2,1-2H3,(H,25,27). The van der Waals surface area contributed by atoms with Gasteiger partial charge in [0.1, 0.15) is 5.84 Å². The van der Waals surface area contributed by atoms with Crippen LogP contribution >= 0.6 is 0 Å². The molecule has 2 N–H and O–H groups in total. The fourth-order valence-electron chi connectivity index (χ4n) is 4.30. The van der Waals surface area contributed by atoms with E-state index in [1.54, 1.807) is 7.11 Å². The second-order valence-corrected chi connectivity index (χ2v) is 8.17. The fourth-order valence-corrected chi connectivity index (χ4v) is 4.30. The summed E-state index contributed by atoms with van der Waals surface area (Å²) in [6.07, 6.45) is 1.26. The number of methoxy groups -OCH3 is 1. The number of amidine groups is 1. The third kappa shape index (κ3) is 4.40. The Morgan fingerprint density at radius 3 is 2.93 bits per heavy atom. The van der Waals surface area contributed by atoms with Gasteiger partial charge in [-0.05, 0) is 30.5 Å². The number of benzene rings is 2. The molecule has 2 aromatic carbocycles. The second kappa shape index (κ2) is 8.98. The van der Waals surface area contributed by atoms with Gasteiger partial charge in [0.2, 0.25) is 5.91 Å². The molecule has 2 aromatic rings. The van der Waals surface area contributed by atoms with Crippen molar-refractivity contribution in [1.29, 1.82) is 0 Å². The summed E-state index contributed by atoms with van der Waals surface area (Å²) in [4.78, 5) is 19.8. The highest BCUT2D eigenvalue weighted by molar-refractivity contribution is 6.04. The van der Waals surface area contributed by atoms with Gasteiger partial charge in [-0.1, -0.05) is 48.0 Å². The fraction of sp³-hybridized carbons (Fsp3) is 0.417. The smallest absolute Gasteiger partial charge is 0.227 e. The van der Waals surface area contributed by atoms with Crippen molar-refractivity contribution in [2.75, 3.05) is 38.7 Å². The number of ether oxygens (including phenoxy) is 1. The first kappa shape index (κ1) is 20.6. The van der Waals surface area contributed by atoms with Crippen LogP contribution in [0.25, 0.3) is 0 Å². The van der Waals surface area contributed by atoms with Crippen LogP contribution in [0.4, 0.5) is 5.69 Å². The zero-order valence-electron chi connectivity index (χ0n) is 17.8. The minimum Gasteiger partial charge on any atom is -0.383 e. The topological polar surface area (TPSA) is 66.0 Å². The Labute approximate surface area is 178 Å². The Kier molecular flexibility index (Phi) is 6.16. The molecule has 0 aromatic heterocycles. The van der Waals surface area contributed by atoms with Crippen LogP contribution < -0.4 is 10.6 Å². The second-order valence-electron chi connectivity index (χ2n) is 8.17. The Balaban J connectivity index is 1.54. The zero-order chi connectivity index (χ0) is 21.0. The molecule has 6 nitrogen and oxygen atoms in total. The van der Waals surface area contributed by atoms with Crippen LogP contribution in [0.3, 0.4) is 0 Å². The van der Waals surface area contributed by atoms with Crippen molar-refractivity contribution in [3.05, 3.63) is 65.2 Å². The van der Waals surface area contributed by atoms with E-state index in [-0.39, 0.29) is 11.4 Å². The molecule has 0 bridgehead atoms. The van der Waals surface area contributed by atoms with Crippen molar-refractivity contribution in [3.8, 4) is 0 Å². The van der Waals surface area contributed by atoms with Gasteiger partial charge in [-0.15, -0.1) is 0 Å². The molecule has 1 fully saturated rings. The van der Waals surface area contributed by atoms with Crippen LogP contribution in [0.1, 0.15) is 23.1 Å². The summed E-state index contributed by atoms with van der Waals surface area (Å²) >= 11 is 0. The van der Waals surface area contributed by atoms with Crippen LogP contribution in [0.2, 0.25) is 0 Å². The Hall–Kier alpha value is -2.70. The molecule has 4 rings (SSSR count). The highest BCUT2D eigenvalue weighted by Gasteiger charge is 2.45. The van der Waals surface area contributed by atoms with Crippen LogP contribution in [-0.2, 0) is 22.5 Å². The van der Waals surface area contributed by atoms with Crippen molar-refractivity contribution in [2.45, 2.75) is 31.8 Å². The number of likely N-dealkylation sites (tertiary alicyclic amines) is 1. The van der Waals surface area contributed by atoms with Gasteiger partial charge in [-0.3, -0.25) is 15.1 Å². The highest BCUT2D eigenvalue weighted by Crippen LogP contribution is 2.30. The van der Waals surface area contributed by atoms with E-state index in [4.69, 9.17) is 9.73 Å². The number of fused-ring (bicyclic) bond motifs is 1. The number of carbonyl (C=O) groups is 1. The molecule has 158 valence electrons. The highest BCUT2D eigenvalue weighted by atomic mass is 16.5. The number of hydrogen-bond donors (Lipinski definition) is 2. The number of amides is 1. The van der Waals surface area contributed by atoms with Crippen molar-refractivity contribution < 1.29 is 9.53 Å². The molecule has 1 unspecified atom stereocenters. The lowest BCUT2D eigenvalue weighted by Gasteiger charge is -2.30. The number of nitrogens with one attached hydrogen (secondary N) is 2. The van der Waals surface area contributed by atoms with E-state index in [1.807, 2.05) is 29.2 Å². The Morgan fingerprint density at radius 1 is 1.23 bits per heavy atom. The van der Waals surface area contributed by atoms with E-state index in [9.17, 15) is 4.79 Å². The molecular weight excluding hydrogens is 376 g/mol. The molecule has 1 amide bonds.